The van der Waals surface area contributed by atoms with Crippen LogP contribution in [0.1, 0.15) is 19.3 Å². The fourth-order valence-electron chi connectivity index (χ4n) is 2.41. The van der Waals surface area contributed by atoms with Crippen molar-refractivity contribution in [1.29, 1.82) is 0 Å². The molecule has 0 aromatic carbocycles. The second kappa shape index (κ2) is 4.13. The van der Waals surface area contributed by atoms with Crippen LogP contribution < -0.4 is 5.32 Å². The summed E-state index contributed by atoms with van der Waals surface area (Å²) in [6.07, 6.45) is 5.60. The maximum Gasteiger partial charge on any atom is 0.148 e. The van der Waals surface area contributed by atoms with E-state index in [9.17, 15) is 0 Å². The Morgan fingerprint density at radius 1 is 1.44 bits per heavy atom. The molecule has 16 heavy (non-hydrogen) atoms. The number of anilines is 1. The first-order valence-electron chi connectivity index (χ1n) is 5.32. The van der Waals surface area contributed by atoms with Crippen molar-refractivity contribution in [3.63, 3.8) is 0 Å². The number of nitrogens with zero attached hydrogens (tertiary/aromatic N) is 2. The molecule has 0 saturated carbocycles. The fourth-order valence-corrected chi connectivity index (χ4v) is 2.87. The number of fused-ring (bicyclic) bond motifs is 2. The van der Waals surface area contributed by atoms with E-state index >= 15 is 0 Å². The fraction of sp³-hybridized carbons (Fsp3) is 0.600. The number of nitrogens with one attached hydrogen (secondary N) is 1. The zero-order valence-electron chi connectivity index (χ0n) is 8.49. The number of ether oxygens (including phenoxy) is 1. The lowest BCUT2D eigenvalue weighted by Gasteiger charge is -2.21. The maximum atomic E-state index is 5.91. The monoisotopic (exact) mass is 303 g/mol. The van der Waals surface area contributed by atoms with Gasteiger partial charge in [0, 0.05) is 0 Å². The average Bonchev–Trinajstić information content (AvgIpc) is 2.86. The van der Waals surface area contributed by atoms with Crippen molar-refractivity contribution < 1.29 is 4.74 Å². The van der Waals surface area contributed by atoms with E-state index in [2.05, 4.69) is 31.2 Å². The molecule has 4 nitrogen and oxygen atoms in total. The van der Waals surface area contributed by atoms with Crippen LogP contribution in [0.2, 0.25) is 5.15 Å². The molecule has 2 bridgehead atoms. The van der Waals surface area contributed by atoms with Gasteiger partial charge in [-0.25, -0.2) is 9.97 Å². The molecule has 0 aliphatic carbocycles. The van der Waals surface area contributed by atoms with Crippen LogP contribution in [0.15, 0.2) is 10.8 Å². The number of rotatable bonds is 2. The van der Waals surface area contributed by atoms with Crippen molar-refractivity contribution >= 4 is 33.3 Å². The average molecular weight is 305 g/mol. The third kappa shape index (κ3) is 1.81. The van der Waals surface area contributed by atoms with Crippen LogP contribution in [0.5, 0.6) is 0 Å². The van der Waals surface area contributed by atoms with Gasteiger partial charge < -0.3 is 10.1 Å². The first kappa shape index (κ1) is 10.7. The minimum atomic E-state index is 0.325. The molecule has 3 unspecified atom stereocenters. The van der Waals surface area contributed by atoms with E-state index in [0.29, 0.717) is 23.4 Å². The Bertz CT molecular complexity index is 417. The summed E-state index contributed by atoms with van der Waals surface area (Å²) in [5.41, 5.74) is 0. The highest BCUT2D eigenvalue weighted by molar-refractivity contribution is 9.10. The Morgan fingerprint density at radius 2 is 2.31 bits per heavy atom. The van der Waals surface area contributed by atoms with Crippen molar-refractivity contribution in [2.75, 3.05) is 5.32 Å². The van der Waals surface area contributed by atoms with Gasteiger partial charge in [0.2, 0.25) is 0 Å². The standard InChI is InChI=1S/C10H11BrClN3O/c11-8-9(12)13-4-14-10(8)15-6-3-5-1-2-7(6)16-5/h4-7H,1-3H2,(H,13,14,15). The van der Waals surface area contributed by atoms with Gasteiger partial charge in [-0.3, -0.25) is 0 Å². The minimum Gasteiger partial charge on any atom is -0.373 e. The van der Waals surface area contributed by atoms with Gasteiger partial charge >= 0.3 is 0 Å². The third-order valence-electron chi connectivity index (χ3n) is 3.18. The van der Waals surface area contributed by atoms with Gasteiger partial charge in [-0.2, -0.15) is 0 Å². The molecule has 0 spiro atoms. The van der Waals surface area contributed by atoms with Crippen LogP contribution in [0.25, 0.3) is 0 Å². The first-order chi connectivity index (χ1) is 7.74. The Labute approximate surface area is 107 Å². The Kier molecular flexibility index (Phi) is 2.77. The van der Waals surface area contributed by atoms with Crippen molar-refractivity contribution in [1.82, 2.24) is 9.97 Å². The summed E-state index contributed by atoms with van der Waals surface area (Å²) < 4.78 is 6.49. The molecule has 2 aliphatic rings. The minimum absolute atomic E-state index is 0.325. The molecule has 0 radical (unpaired) electrons. The van der Waals surface area contributed by atoms with Crippen molar-refractivity contribution in [3.05, 3.63) is 16.0 Å². The second-order valence-corrected chi connectivity index (χ2v) is 5.34. The van der Waals surface area contributed by atoms with Crippen molar-refractivity contribution in [3.8, 4) is 0 Å². The molecule has 3 heterocycles. The van der Waals surface area contributed by atoms with Crippen LogP contribution in [0.3, 0.4) is 0 Å². The molecule has 0 amide bonds. The molecule has 1 N–H and O–H groups in total. The largest absolute Gasteiger partial charge is 0.373 e. The Balaban J connectivity index is 1.77. The first-order valence-corrected chi connectivity index (χ1v) is 6.49. The predicted molar refractivity (Wildman–Crippen MR) is 64.7 cm³/mol. The topological polar surface area (TPSA) is 47.0 Å². The van der Waals surface area contributed by atoms with Crippen molar-refractivity contribution in [2.45, 2.75) is 37.5 Å². The van der Waals surface area contributed by atoms with Gasteiger partial charge in [0.1, 0.15) is 17.3 Å². The summed E-state index contributed by atoms with van der Waals surface area (Å²) in [5, 5.41) is 3.81. The molecular weight excluding hydrogens is 293 g/mol. The number of halogens is 2. The summed E-state index contributed by atoms with van der Waals surface area (Å²) in [4.78, 5) is 8.08. The third-order valence-corrected chi connectivity index (χ3v) is 4.44. The van der Waals surface area contributed by atoms with Gasteiger partial charge in [0.15, 0.2) is 0 Å². The van der Waals surface area contributed by atoms with Crippen LogP contribution in [-0.4, -0.2) is 28.2 Å². The lowest BCUT2D eigenvalue weighted by Crippen LogP contribution is -2.31. The molecule has 3 rings (SSSR count). The van der Waals surface area contributed by atoms with E-state index in [0.717, 1.165) is 23.1 Å². The molecule has 86 valence electrons. The van der Waals surface area contributed by atoms with Gasteiger partial charge in [0.05, 0.1) is 22.7 Å². The maximum absolute atomic E-state index is 5.91. The van der Waals surface area contributed by atoms with Gasteiger partial charge in [-0.1, -0.05) is 11.6 Å². The summed E-state index contributed by atoms with van der Waals surface area (Å²) in [5.74, 6) is 0.751. The van der Waals surface area contributed by atoms with E-state index in [-0.39, 0.29) is 0 Å². The Morgan fingerprint density at radius 3 is 3.00 bits per heavy atom. The van der Waals surface area contributed by atoms with E-state index in [4.69, 9.17) is 16.3 Å². The summed E-state index contributed by atoms with van der Waals surface area (Å²) >= 11 is 9.29. The zero-order chi connectivity index (χ0) is 11.1. The number of hydrogen-bond acceptors (Lipinski definition) is 4. The quantitative estimate of drug-likeness (QED) is 0.853. The Hall–Kier alpha value is -0.390. The highest BCUT2D eigenvalue weighted by Gasteiger charge is 2.41. The van der Waals surface area contributed by atoms with E-state index < -0.39 is 0 Å². The smallest absolute Gasteiger partial charge is 0.148 e. The highest BCUT2D eigenvalue weighted by Crippen LogP contribution is 2.37. The number of hydrogen-bond donors (Lipinski definition) is 1. The molecule has 2 aliphatic heterocycles. The van der Waals surface area contributed by atoms with Gasteiger partial charge in [-0.15, -0.1) is 0 Å². The van der Waals surface area contributed by atoms with E-state index in [1.54, 1.807) is 0 Å². The molecule has 2 saturated heterocycles. The molecule has 6 heteroatoms. The van der Waals surface area contributed by atoms with Crippen molar-refractivity contribution in [2.24, 2.45) is 0 Å². The number of aromatic nitrogens is 2. The van der Waals surface area contributed by atoms with Crippen LogP contribution in [0.4, 0.5) is 5.82 Å². The molecule has 1 aromatic heterocycles. The van der Waals surface area contributed by atoms with Gasteiger partial charge in [-0.05, 0) is 35.2 Å². The second-order valence-electron chi connectivity index (χ2n) is 4.19. The lowest BCUT2D eigenvalue weighted by molar-refractivity contribution is 0.102. The molecule has 1 aromatic rings. The molecular formula is C10H11BrClN3O. The normalized spacial score (nSPS) is 32.0. The predicted octanol–water partition coefficient (Wildman–Crippen LogP) is 2.62. The summed E-state index contributed by atoms with van der Waals surface area (Å²) in [6.45, 7) is 0. The summed E-state index contributed by atoms with van der Waals surface area (Å²) in [6, 6.07) is 0.348. The van der Waals surface area contributed by atoms with Crippen LogP contribution in [-0.2, 0) is 4.74 Å². The van der Waals surface area contributed by atoms with Crippen LogP contribution >= 0.6 is 27.5 Å². The van der Waals surface area contributed by atoms with Crippen LogP contribution in [0, 0.1) is 0 Å². The SMILES string of the molecule is Clc1ncnc(NC2CC3CCC2O3)c1Br. The molecule has 2 fully saturated rings. The lowest BCUT2D eigenvalue weighted by atomic mass is 9.95. The van der Waals surface area contributed by atoms with Gasteiger partial charge in [0.25, 0.3) is 0 Å². The zero-order valence-corrected chi connectivity index (χ0v) is 10.8. The highest BCUT2D eigenvalue weighted by atomic mass is 79.9. The molecule has 3 atom stereocenters. The van der Waals surface area contributed by atoms with E-state index in [1.807, 2.05) is 0 Å². The van der Waals surface area contributed by atoms with E-state index in [1.165, 1.54) is 12.7 Å². The summed E-state index contributed by atoms with van der Waals surface area (Å²) in [7, 11) is 0.